The first-order valence-corrected chi connectivity index (χ1v) is 8.42. The Bertz CT molecular complexity index is 721. The Hall–Kier alpha value is -2.52. The van der Waals surface area contributed by atoms with Crippen LogP contribution in [0.3, 0.4) is 0 Å². The van der Waals surface area contributed by atoms with Crippen LogP contribution in [0.15, 0.2) is 24.3 Å². The van der Waals surface area contributed by atoms with E-state index in [9.17, 15) is 9.59 Å². The molecule has 25 heavy (non-hydrogen) atoms. The fraction of sp³-hybridized carbons (Fsp3) is 0.389. The number of carbonyl (C=O) groups is 2. The van der Waals surface area contributed by atoms with Crippen molar-refractivity contribution in [1.29, 1.82) is 5.26 Å². The molecule has 0 unspecified atom stereocenters. The molecule has 2 rings (SSSR count). The van der Waals surface area contributed by atoms with E-state index in [1.54, 1.807) is 18.2 Å². The number of carbonyl (C=O) groups excluding carboxylic acids is 2. The van der Waals surface area contributed by atoms with Gasteiger partial charge in [-0.15, -0.1) is 11.6 Å². The monoisotopic (exact) mass is 361 g/mol. The van der Waals surface area contributed by atoms with Crippen molar-refractivity contribution >= 4 is 40.9 Å². The van der Waals surface area contributed by atoms with Gasteiger partial charge in [0.15, 0.2) is 0 Å². The molecule has 0 heterocycles. The number of hydrogen-bond acceptors (Lipinski definition) is 5. The SMILES string of the molecule is COC(=O)/C=C/c1ccc(NC(=O)CCl)c(NCC2(CC#N)CC2)c1. The van der Waals surface area contributed by atoms with E-state index >= 15 is 0 Å². The van der Waals surface area contributed by atoms with Crippen LogP contribution in [0.4, 0.5) is 11.4 Å². The summed E-state index contributed by atoms with van der Waals surface area (Å²) in [4.78, 5) is 22.8. The second-order valence-electron chi connectivity index (χ2n) is 6.03. The van der Waals surface area contributed by atoms with Crippen LogP contribution in [0.5, 0.6) is 0 Å². The zero-order valence-electron chi connectivity index (χ0n) is 14.0. The lowest BCUT2D eigenvalue weighted by Gasteiger charge is -2.17. The van der Waals surface area contributed by atoms with Crippen molar-refractivity contribution in [3.05, 3.63) is 29.8 Å². The van der Waals surface area contributed by atoms with E-state index in [1.807, 2.05) is 6.07 Å². The summed E-state index contributed by atoms with van der Waals surface area (Å²) in [6.45, 7) is 0.647. The molecule has 132 valence electrons. The van der Waals surface area contributed by atoms with Crippen molar-refractivity contribution in [3.8, 4) is 6.07 Å². The average Bonchev–Trinajstić information content (AvgIpc) is 3.39. The van der Waals surface area contributed by atoms with Gasteiger partial charge in [-0.3, -0.25) is 4.79 Å². The summed E-state index contributed by atoms with van der Waals surface area (Å²) in [5, 5.41) is 15.0. The van der Waals surface area contributed by atoms with Gasteiger partial charge in [0.05, 0.1) is 24.6 Å². The third-order valence-corrected chi connectivity index (χ3v) is 4.36. The molecule has 1 aromatic rings. The minimum absolute atomic E-state index is 0.0143. The number of benzene rings is 1. The van der Waals surface area contributed by atoms with E-state index in [0.29, 0.717) is 18.7 Å². The first kappa shape index (κ1) is 18.8. The van der Waals surface area contributed by atoms with E-state index in [1.165, 1.54) is 13.2 Å². The Morgan fingerprint density at radius 2 is 2.16 bits per heavy atom. The van der Waals surface area contributed by atoms with Crippen LogP contribution in [0, 0.1) is 16.7 Å². The summed E-state index contributed by atoms with van der Waals surface area (Å²) >= 11 is 5.56. The van der Waals surface area contributed by atoms with Gasteiger partial charge in [-0.25, -0.2) is 4.79 Å². The predicted octanol–water partition coefficient (Wildman–Crippen LogP) is 3.16. The highest BCUT2D eigenvalue weighted by molar-refractivity contribution is 6.29. The Kier molecular flexibility index (Phi) is 6.43. The quantitative estimate of drug-likeness (QED) is 0.421. The first-order valence-electron chi connectivity index (χ1n) is 7.89. The number of rotatable bonds is 8. The van der Waals surface area contributed by atoms with Crippen LogP contribution in [-0.4, -0.2) is 31.4 Å². The molecule has 1 saturated carbocycles. The topological polar surface area (TPSA) is 91.2 Å². The summed E-state index contributed by atoms with van der Waals surface area (Å²) in [6.07, 6.45) is 5.49. The van der Waals surface area contributed by atoms with Gasteiger partial charge in [-0.05, 0) is 36.6 Å². The molecule has 0 radical (unpaired) electrons. The van der Waals surface area contributed by atoms with Gasteiger partial charge < -0.3 is 15.4 Å². The number of esters is 1. The Morgan fingerprint density at radius 3 is 2.76 bits per heavy atom. The number of methoxy groups -OCH3 is 1. The van der Waals surface area contributed by atoms with Gasteiger partial charge in [-0.1, -0.05) is 6.07 Å². The molecule has 0 atom stereocenters. The number of halogens is 1. The third kappa shape index (κ3) is 5.50. The fourth-order valence-electron chi connectivity index (χ4n) is 2.38. The maximum Gasteiger partial charge on any atom is 0.330 e. The molecule has 0 spiro atoms. The predicted molar refractivity (Wildman–Crippen MR) is 97.2 cm³/mol. The van der Waals surface area contributed by atoms with Crippen LogP contribution in [0.25, 0.3) is 6.08 Å². The normalized spacial score (nSPS) is 14.6. The minimum atomic E-state index is -0.444. The summed E-state index contributed by atoms with van der Waals surface area (Å²) in [6, 6.07) is 7.57. The Balaban J connectivity index is 2.18. The van der Waals surface area contributed by atoms with Crippen molar-refractivity contribution in [3.63, 3.8) is 0 Å². The van der Waals surface area contributed by atoms with Crippen LogP contribution in [0.2, 0.25) is 0 Å². The molecule has 0 aromatic heterocycles. The lowest BCUT2D eigenvalue weighted by Crippen LogP contribution is -2.18. The fourth-order valence-corrected chi connectivity index (χ4v) is 2.45. The largest absolute Gasteiger partial charge is 0.466 e. The highest BCUT2D eigenvalue weighted by atomic mass is 35.5. The summed E-state index contributed by atoms with van der Waals surface area (Å²) in [5.41, 5.74) is 2.12. The van der Waals surface area contributed by atoms with Crippen LogP contribution < -0.4 is 10.6 Å². The number of amides is 1. The maximum absolute atomic E-state index is 11.6. The molecular formula is C18H20ClN3O3. The maximum atomic E-state index is 11.6. The number of nitriles is 1. The van der Waals surface area contributed by atoms with Gasteiger partial charge >= 0.3 is 5.97 Å². The van der Waals surface area contributed by atoms with Crippen molar-refractivity contribution in [2.24, 2.45) is 5.41 Å². The van der Waals surface area contributed by atoms with E-state index in [4.69, 9.17) is 16.9 Å². The van der Waals surface area contributed by atoms with Gasteiger partial charge in [0.25, 0.3) is 0 Å². The number of hydrogen-bond donors (Lipinski definition) is 2. The van der Waals surface area contributed by atoms with E-state index in [-0.39, 0.29) is 17.2 Å². The molecular weight excluding hydrogens is 342 g/mol. The standard InChI is InChI=1S/C18H20ClN3O3/c1-25-17(24)5-3-13-2-4-14(22-16(23)11-19)15(10-13)21-12-18(6-7-18)8-9-20/h2-5,10,21H,6-8,11-12H2,1H3,(H,22,23)/b5-3+. The van der Waals surface area contributed by atoms with Crippen molar-refractivity contribution in [2.75, 3.05) is 30.2 Å². The van der Waals surface area contributed by atoms with Crippen molar-refractivity contribution < 1.29 is 14.3 Å². The number of anilines is 2. The summed E-state index contributed by atoms with van der Waals surface area (Å²) in [5.74, 6) is -0.886. The number of nitrogens with zero attached hydrogens (tertiary/aromatic N) is 1. The molecule has 7 heteroatoms. The number of alkyl halides is 1. The second-order valence-corrected chi connectivity index (χ2v) is 6.30. The molecule has 1 amide bonds. The summed E-state index contributed by atoms with van der Waals surface area (Å²) in [7, 11) is 1.31. The Labute approximate surface area is 151 Å². The average molecular weight is 362 g/mol. The molecule has 2 N–H and O–H groups in total. The van der Waals surface area contributed by atoms with E-state index in [2.05, 4.69) is 21.4 Å². The molecule has 0 aliphatic heterocycles. The molecule has 1 aliphatic rings. The zero-order chi connectivity index (χ0) is 18.3. The van der Waals surface area contributed by atoms with Gasteiger partial charge in [0.1, 0.15) is 5.88 Å². The van der Waals surface area contributed by atoms with Crippen LogP contribution in [0.1, 0.15) is 24.8 Å². The first-order chi connectivity index (χ1) is 12.0. The van der Waals surface area contributed by atoms with Crippen molar-refractivity contribution in [2.45, 2.75) is 19.3 Å². The van der Waals surface area contributed by atoms with Crippen LogP contribution in [-0.2, 0) is 14.3 Å². The minimum Gasteiger partial charge on any atom is -0.466 e. The molecule has 0 bridgehead atoms. The lowest BCUT2D eigenvalue weighted by atomic mass is 10.0. The highest BCUT2D eigenvalue weighted by Crippen LogP contribution is 2.48. The molecule has 1 fully saturated rings. The Morgan fingerprint density at radius 1 is 1.40 bits per heavy atom. The molecule has 1 aliphatic carbocycles. The summed E-state index contributed by atoms with van der Waals surface area (Å²) < 4.78 is 4.58. The molecule has 6 nitrogen and oxygen atoms in total. The van der Waals surface area contributed by atoms with E-state index < -0.39 is 5.97 Å². The van der Waals surface area contributed by atoms with E-state index in [0.717, 1.165) is 24.1 Å². The van der Waals surface area contributed by atoms with Crippen molar-refractivity contribution in [1.82, 2.24) is 0 Å². The highest BCUT2D eigenvalue weighted by Gasteiger charge is 2.42. The smallest absolute Gasteiger partial charge is 0.330 e. The van der Waals surface area contributed by atoms with Gasteiger partial charge in [0, 0.05) is 24.5 Å². The third-order valence-electron chi connectivity index (χ3n) is 4.12. The van der Waals surface area contributed by atoms with Gasteiger partial charge in [-0.2, -0.15) is 5.26 Å². The number of ether oxygens (including phenoxy) is 1. The second kappa shape index (κ2) is 8.54. The number of nitrogens with one attached hydrogen (secondary N) is 2. The molecule has 0 saturated heterocycles. The lowest BCUT2D eigenvalue weighted by molar-refractivity contribution is -0.134. The van der Waals surface area contributed by atoms with Gasteiger partial charge in [0.2, 0.25) is 5.91 Å². The van der Waals surface area contributed by atoms with Crippen LogP contribution >= 0.6 is 11.6 Å². The zero-order valence-corrected chi connectivity index (χ0v) is 14.7. The molecule has 1 aromatic carbocycles.